The molecule has 1 aromatic rings. The highest BCUT2D eigenvalue weighted by Crippen LogP contribution is 2.33. The summed E-state index contributed by atoms with van der Waals surface area (Å²) in [5.41, 5.74) is -2.55. The molecule has 0 amide bonds. The zero-order valence-corrected chi connectivity index (χ0v) is 24.0. The lowest BCUT2D eigenvalue weighted by Gasteiger charge is -2.35. The number of hydrogen-bond donors (Lipinski definition) is 2. The number of nitrogens with one attached hydrogen (secondary N) is 1. The van der Waals surface area contributed by atoms with Gasteiger partial charge in [-0.1, -0.05) is 46.6 Å². The summed E-state index contributed by atoms with van der Waals surface area (Å²) >= 11 is 0. The first-order chi connectivity index (χ1) is 17.8. The number of hydrogen-bond acceptors (Lipinski definition) is 8. The molecule has 0 aliphatic rings. The Kier molecular flexibility index (Phi) is 13.5. The molecule has 0 aliphatic carbocycles. The highest BCUT2D eigenvalue weighted by atomic mass is 16.6. The SMILES string of the molecule is CCCCC(=O)Oc1ccc(C[C@](NC(C)CC)(OC(=O)C(C)(C)CC)C(=O)O)cc1OC(=O)CCCC. The van der Waals surface area contributed by atoms with Gasteiger partial charge >= 0.3 is 23.9 Å². The molecule has 1 rings (SSSR count). The second-order valence-electron chi connectivity index (χ2n) is 10.3. The van der Waals surface area contributed by atoms with Crippen LogP contribution in [0.15, 0.2) is 18.2 Å². The maximum atomic E-state index is 13.0. The fourth-order valence-electron chi connectivity index (χ4n) is 3.34. The molecule has 9 heteroatoms. The number of carbonyl (C=O) groups is 4. The molecule has 1 unspecified atom stereocenters. The number of carboxylic acids is 1. The molecular weight excluding hydrogens is 490 g/mol. The first-order valence-electron chi connectivity index (χ1n) is 13.6. The molecule has 0 bridgehead atoms. The maximum Gasteiger partial charge on any atom is 0.364 e. The molecule has 0 radical (unpaired) electrons. The molecule has 0 aromatic heterocycles. The smallest absolute Gasteiger partial charge is 0.364 e. The Labute approximate surface area is 226 Å². The first-order valence-corrected chi connectivity index (χ1v) is 13.6. The molecule has 0 spiro atoms. The number of esters is 3. The Balaban J connectivity index is 3.48. The third-order valence-corrected chi connectivity index (χ3v) is 6.52. The van der Waals surface area contributed by atoms with Crippen LogP contribution in [0.2, 0.25) is 0 Å². The summed E-state index contributed by atoms with van der Waals surface area (Å²) in [4.78, 5) is 50.3. The first kappa shape index (κ1) is 33.1. The molecule has 0 saturated heterocycles. The number of benzene rings is 1. The minimum Gasteiger partial charge on any atom is -0.477 e. The number of rotatable bonds is 17. The van der Waals surface area contributed by atoms with E-state index < -0.39 is 35.0 Å². The van der Waals surface area contributed by atoms with Gasteiger partial charge in [0.05, 0.1) is 5.41 Å². The quantitative estimate of drug-likeness (QED) is 0.149. The van der Waals surface area contributed by atoms with Gasteiger partial charge in [0.15, 0.2) is 11.5 Å². The van der Waals surface area contributed by atoms with Crippen molar-refractivity contribution in [3.63, 3.8) is 0 Å². The average molecular weight is 536 g/mol. The van der Waals surface area contributed by atoms with Gasteiger partial charge in [-0.05, 0) is 64.2 Å². The summed E-state index contributed by atoms with van der Waals surface area (Å²) in [6, 6.07) is 4.21. The molecule has 2 N–H and O–H groups in total. The second kappa shape index (κ2) is 15.5. The Bertz CT molecular complexity index is 958. The Morgan fingerprint density at radius 1 is 0.921 bits per heavy atom. The van der Waals surface area contributed by atoms with Crippen LogP contribution in [0.1, 0.15) is 105 Å². The van der Waals surface area contributed by atoms with Gasteiger partial charge in [0.25, 0.3) is 5.72 Å². The summed E-state index contributed by atoms with van der Waals surface area (Å²) in [5.74, 6) is -2.87. The van der Waals surface area contributed by atoms with Crippen molar-refractivity contribution in [3.05, 3.63) is 23.8 Å². The van der Waals surface area contributed by atoms with Crippen LogP contribution in [0, 0.1) is 5.41 Å². The lowest BCUT2D eigenvalue weighted by Crippen LogP contribution is -2.60. The van der Waals surface area contributed by atoms with E-state index in [-0.39, 0.29) is 36.8 Å². The van der Waals surface area contributed by atoms with Gasteiger partial charge in [0.1, 0.15) is 0 Å². The number of aliphatic carboxylic acids is 1. The molecule has 9 nitrogen and oxygen atoms in total. The Morgan fingerprint density at radius 2 is 1.47 bits per heavy atom. The highest BCUT2D eigenvalue weighted by Gasteiger charge is 2.46. The van der Waals surface area contributed by atoms with E-state index in [2.05, 4.69) is 5.32 Å². The summed E-state index contributed by atoms with van der Waals surface area (Å²) in [6.45, 7) is 12.8. The molecule has 0 saturated carbocycles. The van der Waals surface area contributed by atoms with Gasteiger partial charge < -0.3 is 19.3 Å². The number of carboxylic acid groups (broad SMARTS) is 1. The number of carbonyl (C=O) groups excluding carboxylic acids is 3. The number of unbranched alkanes of at least 4 members (excludes halogenated alkanes) is 2. The van der Waals surface area contributed by atoms with Crippen molar-refractivity contribution in [1.82, 2.24) is 5.32 Å². The minimum atomic E-state index is -2.07. The molecule has 0 aliphatic heterocycles. The van der Waals surface area contributed by atoms with Gasteiger partial charge in [-0.2, -0.15) is 0 Å². The molecule has 214 valence electrons. The summed E-state index contributed by atoms with van der Waals surface area (Å²) in [7, 11) is 0. The van der Waals surface area contributed by atoms with Crippen LogP contribution in [0.4, 0.5) is 0 Å². The van der Waals surface area contributed by atoms with Gasteiger partial charge in [-0.3, -0.25) is 19.7 Å². The van der Waals surface area contributed by atoms with Gasteiger partial charge in [-0.15, -0.1) is 0 Å². The lowest BCUT2D eigenvalue weighted by atomic mass is 9.90. The molecule has 38 heavy (non-hydrogen) atoms. The standard InChI is InChI=1S/C29H45NO8/c1-8-12-14-24(31)36-22-17-16-21(18-23(22)37-25(32)15-13-9-2)19-29(26(33)34,30-20(5)10-3)38-27(35)28(6,7)11-4/h16-18,20,30H,8-15,19H2,1-7H3,(H,33,34)/t20?,29-/m0/s1. The van der Waals surface area contributed by atoms with Gasteiger partial charge in [-0.25, -0.2) is 4.79 Å². The number of ether oxygens (including phenoxy) is 3. The minimum absolute atomic E-state index is 0.0106. The largest absolute Gasteiger partial charge is 0.477 e. The summed E-state index contributed by atoms with van der Waals surface area (Å²) in [5, 5.41) is 13.3. The van der Waals surface area contributed by atoms with Gasteiger partial charge in [0, 0.05) is 25.3 Å². The zero-order chi connectivity index (χ0) is 28.9. The van der Waals surface area contributed by atoms with E-state index in [4.69, 9.17) is 14.2 Å². The Morgan fingerprint density at radius 3 is 1.95 bits per heavy atom. The van der Waals surface area contributed by atoms with Crippen molar-refractivity contribution in [1.29, 1.82) is 0 Å². The third kappa shape index (κ3) is 10.1. The van der Waals surface area contributed by atoms with Crippen LogP contribution in [-0.2, 0) is 30.3 Å². The van der Waals surface area contributed by atoms with Crippen LogP contribution < -0.4 is 14.8 Å². The van der Waals surface area contributed by atoms with Crippen LogP contribution in [0.5, 0.6) is 11.5 Å². The monoisotopic (exact) mass is 535 g/mol. The van der Waals surface area contributed by atoms with Crippen molar-refractivity contribution in [2.45, 2.75) is 118 Å². The predicted octanol–water partition coefficient (Wildman–Crippen LogP) is 5.57. The summed E-state index contributed by atoms with van der Waals surface area (Å²) < 4.78 is 16.7. The molecular formula is C29H45NO8. The van der Waals surface area contributed by atoms with E-state index in [0.29, 0.717) is 31.2 Å². The van der Waals surface area contributed by atoms with Crippen LogP contribution in [0.25, 0.3) is 0 Å². The average Bonchev–Trinajstić information content (AvgIpc) is 2.87. The maximum absolute atomic E-state index is 13.0. The van der Waals surface area contributed by atoms with Crippen molar-refractivity contribution >= 4 is 23.9 Å². The fraction of sp³-hybridized carbons (Fsp3) is 0.655. The molecule has 2 atom stereocenters. The molecule has 0 fully saturated rings. The second-order valence-corrected chi connectivity index (χ2v) is 10.3. The van der Waals surface area contributed by atoms with Crippen LogP contribution in [-0.4, -0.2) is 40.8 Å². The van der Waals surface area contributed by atoms with E-state index in [1.165, 1.54) is 12.1 Å². The van der Waals surface area contributed by atoms with Crippen LogP contribution >= 0.6 is 0 Å². The van der Waals surface area contributed by atoms with Crippen molar-refractivity contribution < 1.29 is 38.5 Å². The molecule has 1 aromatic carbocycles. The normalized spacial score (nSPS) is 13.8. The van der Waals surface area contributed by atoms with E-state index >= 15 is 0 Å². The Hall–Kier alpha value is -2.94. The molecule has 0 heterocycles. The van der Waals surface area contributed by atoms with Crippen molar-refractivity contribution in [2.75, 3.05) is 0 Å². The predicted molar refractivity (Wildman–Crippen MR) is 144 cm³/mol. The van der Waals surface area contributed by atoms with Crippen LogP contribution in [0.3, 0.4) is 0 Å². The van der Waals surface area contributed by atoms with Crippen molar-refractivity contribution in [2.24, 2.45) is 5.41 Å². The van der Waals surface area contributed by atoms with Crippen molar-refractivity contribution in [3.8, 4) is 11.5 Å². The van der Waals surface area contributed by atoms with E-state index in [1.54, 1.807) is 26.8 Å². The third-order valence-electron chi connectivity index (χ3n) is 6.52. The van der Waals surface area contributed by atoms with E-state index in [9.17, 15) is 24.3 Å². The van der Waals surface area contributed by atoms with E-state index in [0.717, 1.165) is 12.8 Å². The lowest BCUT2D eigenvalue weighted by molar-refractivity contribution is -0.191. The zero-order valence-electron chi connectivity index (χ0n) is 24.0. The highest BCUT2D eigenvalue weighted by molar-refractivity contribution is 5.84. The topological polar surface area (TPSA) is 128 Å². The van der Waals surface area contributed by atoms with Gasteiger partial charge in [0.2, 0.25) is 0 Å². The fourth-order valence-corrected chi connectivity index (χ4v) is 3.34. The summed E-state index contributed by atoms with van der Waals surface area (Å²) in [6.07, 6.45) is 4.11. The van der Waals surface area contributed by atoms with E-state index in [1.807, 2.05) is 27.7 Å².